The predicted octanol–water partition coefficient (Wildman–Crippen LogP) is 1.12. The normalized spacial score (nSPS) is 20.6. The number of carbonyl (C=O) groups is 1. The summed E-state index contributed by atoms with van der Waals surface area (Å²) < 4.78 is 9.86. The van der Waals surface area contributed by atoms with Gasteiger partial charge in [0.15, 0.2) is 0 Å². The molecule has 0 aromatic carbocycles. The number of nitrogens with zero attached hydrogens (tertiary/aromatic N) is 1. The van der Waals surface area contributed by atoms with Crippen LogP contribution in [0, 0.1) is 0 Å². The number of cyclic esters (lactones) is 1. The molecule has 2 heterocycles. The molecule has 1 aromatic rings. The average Bonchev–Trinajstić information content (AvgIpc) is 2.65. The van der Waals surface area contributed by atoms with Crippen LogP contribution in [0.25, 0.3) is 0 Å². The van der Waals surface area contributed by atoms with Crippen molar-refractivity contribution in [2.75, 3.05) is 13.7 Å². The summed E-state index contributed by atoms with van der Waals surface area (Å²) in [7, 11) is 1.55. The second kappa shape index (κ2) is 3.65. The van der Waals surface area contributed by atoms with E-state index in [2.05, 4.69) is 4.98 Å². The second-order valence-electron chi connectivity index (χ2n) is 3.11. The highest BCUT2D eigenvalue weighted by Crippen LogP contribution is 2.25. The standard InChI is InChI=1S/C10H11NO3/c1-13-9-4-2-3-8(11-9)7-5-6-14-10(7)12/h2-4,7H,5-6H2,1H3/t7-/m0/s1. The van der Waals surface area contributed by atoms with Gasteiger partial charge in [-0.2, -0.15) is 0 Å². The number of pyridine rings is 1. The molecule has 0 spiro atoms. The van der Waals surface area contributed by atoms with Crippen LogP contribution in [0.2, 0.25) is 0 Å². The van der Waals surface area contributed by atoms with Crippen LogP contribution >= 0.6 is 0 Å². The van der Waals surface area contributed by atoms with Crippen molar-refractivity contribution in [3.63, 3.8) is 0 Å². The van der Waals surface area contributed by atoms with E-state index in [0.29, 0.717) is 18.9 Å². The third kappa shape index (κ3) is 1.55. The molecular weight excluding hydrogens is 182 g/mol. The molecule has 0 amide bonds. The van der Waals surface area contributed by atoms with E-state index in [1.807, 2.05) is 12.1 Å². The van der Waals surface area contributed by atoms with E-state index in [1.165, 1.54) is 0 Å². The van der Waals surface area contributed by atoms with Gasteiger partial charge in [0.25, 0.3) is 0 Å². The van der Waals surface area contributed by atoms with Gasteiger partial charge in [0, 0.05) is 12.5 Å². The van der Waals surface area contributed by atoms with Gasteiger partial charge in [0.1, 0.15) is 5.92 Å². The molecule has 4 heteroatoms. The Morgan fingerprint density at radius 2 is 2.43 bits per heavy atom. The molecular formula is C10H11NO3. The Labute approximate surface area is 81.9 Å². The van der Waals surface area contributed by atoms with Crippen LogP contribution in [0.4, 0.5) is 0 Å². The first kappa shape index (κ1) is 8.99. The number of ether oxygens (including phenoxy) is 2. The molecule has 1 aliphatic rings. The van der Waals surface area contributed by atoms with Crippen LogP contribution in [-0.2, 0) is 9.53 Å². The molecule has 0 N–H and O–H groups in total. The van der Waals surface area contributed by atoms with Gasteiger partial charge < -0.3 is 9.47 Å². The maximum absolute atomic E-state index is 11.3. The number of esters is 1. The molecule has 0 unspecified atom stereocenters. The predicted molar refractivity (Wildman–Crippen MR) is 49.1 cm³/mol. The first-order valence-electron chi connectivity index (χ1n) is 4.49. The molecule has 0 aliphatic carbocycles. The summed E-state index contributed by atoms with van der Waals surface area (Å²) >= 11 is 0. The summed E-state index contributed by atoms with van der Waals surface area (Å²) in [6, 6.07) is 5.40. The summed E-state index contributed by atoms with van der Waals surface area (Å²) in [4.78, 5) is 15.5. The third-order valence-electron chi connectivity index (χ3n) is 2.25. The van der Waals surface area contributed by atoms with E-state index < -0.39 is 0 Å². The summed E-state index contributed by atoms with van der Waals surface area (Å²) in [5.74, 6) is 0.123. The van der Waals surface area contributed by atoms with Crippen molar-refractivity contribution in [2.24, 2.45) is 0 Å². The largest absolute Gasteiger partial charge is 0.481 e. The zero-order valence-electron chi connectivity index (χ0n) is 7.90. The smallest absolute Gasteiger partial charge is 0.315 e. The molecule has 74 valence electrons. The number of hydrogen-bond acceptors (Lipinski definition) is 4. The molecule has 4 nitrogen and oxygen atoms in total. The first-order valence-corrected chi connectivity index (χ1v) is 4.49. The van der Waals surface area contributed by atoms with E-state index in [0.717, 1.165) is 5.69 Å². The van der Waals surface area contributed by atoms with Crippen molar-refractivity contribution in [2.45, 2.75) is 12.3 Å². The Balaban J connectivity index is 2.26. The molecule has 1 aromatic heterocycles. The molecule has 0 radical (unpaired) electrons. The fourth-order valence-corrected chi connectivity index (χ4v) is 1.50. The van der Waals surface area contributed by atoms with Crippen molar-refractivity contribution < 1.29 is 14.3 Å². The lowest BCUT2D eigenvalue weighted by molar-refractivity contribution is -0.139. The maximum atomic E-state index is 11.3. The number of aromatic nitrogens is 1. The van der Waals surface area contributed by atoms with Crippen molar-refractivity contribution in [1.82, 2.24) is 4.98 Å². The first-order chi connectivity index (χ1) is 6.81. The lowest BCUT2D eigenvalue weighted by Crippen LogP contribution is -2.07. The quantitative estimate of drug-likeness (QED) is 0.660. The second-order valence-corrected chi connectivity index (χ2v) is 3.11. The zero-order valence-corrected chi connectivity index (χ0v) is 7.90. The molecule has 1 aliphatic heterocycles. The number of carbonyl (C=O) groups excluding carboxylic acids is 1. The monoisotopic (exact) mass is 193 g/mol. The van der Waals surface area contributed by atoms with Gasteiger partial charge in [-0.05, 0) is 6.07 Å². The molecule has 0 saturated carbocycles. The van der Waals surface area contributed by atoms with E-state index in [4.69, 9.17) is 9.47 Å². The molecule has 1 fully saturated rings. The molecule has 1 atom stereocenters. The van der Waals surface area contributed by atoms with Crippen LogP contribution < -0.4 is 4.74 Å². The van der Waals surface area contributed by atoms with E-state index in [9.17, 15) is 4.79 Å². The fourth-order valence-electron chi connectivity index (χ4n) is 1.50. The van der Waals surface area contributed by atoms with Crippen LogP contribution in [0.15, 0.2) is 18.2 Å². The molecule has 1 saturated heterocycles. The SMILES string of the molecule is COc1cccc([C@@H]2CCOC2=O)n1. The minimum absolute atomic E-state index is 0.189. The Bertz CT molecular complexity index is 351. The van der Waals surface area contributed by atoms with Crippen LogP contribution in [-0.4, -0.2) is 24.7 Å². The minimum Gasteiger partial charge on any atom is -0.481 e. The van der Waals surface area contributed by atoms with E-state index >= 15 is 0 Å². The van der Waals surface area contributed by atoms with Gasteiger partial charge in [-0.3, -0.25) is 4.79 Å². The topological polar surface area (TPSA) is 48.4 Å². The van der Waals surface area contributed by atoms with Gasteiger partial charge in [0.05, 0.1) is 19.4 Å². The third-order valence-corrected chi connectivity index (χ3v) is 2.25. The van der Waals surface area contributed by atoms with Crippen molar-refractivity contribution in [1.29, 1.82) is 0 Å². The Kier molecular flexibility index (Phi) is 2.35. The summed E-state index contributed by atoms with van der Waals surface area (Å²) in [5.41, 5.74) is 0.729. The van der Waals surface area contributed by atoms with Gasteiger partial charge in [0.2, 0.25) is 5.88 Å². The molecule has 14 heavy (non-hydrogen) atoms. The highest BCUT2D eigenvalue weighted by Gasteiger charge is 2.29. The lowest BCUT2D eigenvalue weighted by atomic mass is 10.0. The molecule has 0 bridgehead atoms. The molecule has 2 rings (SSSR count). The van der Waals surface area contributed by atoms with E-state index in [-0.39, 0.29) is 11.9 Å². The van der Waals surface area contributed by atoms with Gasteiger partial charge >= 0.3 is 5.97 Å². The summed E-state index contributed by atoms with van der Waals surface area (Å²) in [5, 5.41) is 0. The lowest BCUT2D eigenvalue weighted by Gasteiger charge is -2.05. The summed E-state index contributed by atoms with van der Waals surface area (Å²) in [6.45, 7) is 0.488. The highest BCUT2D eigenvalue weighted by atomic mass is 16.5. The van der Waals surface area contributed by atoms with Gasteiger partial charge in [-0.15, -0.1) is 0 Å². The van der Waals surface area contributed by atoms with Crippen LogP contribution in [0.5, 0.6) is 5.88 Å². The van der Waals surface area contributed by atoms with Crippen molar-refractivity contribution in [3.05, 3.63) is 23.9 Å². The Hall–Kier alpha value is -1.58. The Morgan fingerprint density at radius 1 is 1.57 bits per heavy atom. The van der Waals surface area contributed by atoms with Gasteiger partial charge in [-0.1, -0.05) is 6.07 Å². The maximum Gasteiger partial charge on any atom is 0.315 e. The van der Waals surface area contributed by atoms with Crippen molar-refractivity contribution in [3.8, 4) is 5.88 Å². The fraction of sp³-hybridized carbons (Fsp3) is 0.400. The van der Waals surface area contributed by atoms with Crippen LogP contribution in [0.3, 0.4) is 0 Å². The van der Waals surface area contributed by atoms with Gasteiger partial charge in [-0.25, -0.2) is 4.98 Å². The van der Waals surface area contributed by atoms with E-state index in [1.54, 1.807) is 13.2 Å². The minimum atomic E-state index is -0.218. The average molecular weight is 193 g/mol. The highest BCUT2D eigenvalue weighted by molar-refractivity contribution is 5.79. The number of methoxy groups -OCH3 is 1. The summed E-state index contributed by atoms with van der Waals surface area (Å²) in [6.07, 6.45) is 0.707. The Morgan fingerprint density at radius 3 is 3.07 bits per heavy atom. The zero-order chi connectivity index (χ0) is 9.97. The van der Waals surface area contributed by atoms with Crippen molar-refractivity contribution >= 4 is 5.97 Å². The van der Waals surface area contributed by atoms with Crippen LogP contribution in [0.1, 0.15) is 18.0 Å². The number of hydrogen-bond donors (Lipinski definition) is 0. The number of rotatable bonds is 2.